The van der Waals surface area contributed by atoms with Crippen molar-refractivity contribution in [1.29, 1.82) is 0 Å². The summed E-state index contributed by atoms with van der Waals surface area (Å²) in [4.78, 5) is 10.8. The molecule has 1 rings (SSSR count). The average molecular weight is 182 g/mol. The van der Waals surface area contributed by atoms with Gasteiger partial charge in [-0.3, -0.25) is 0 Å². The van der Waals surface area contributed by atoms with Gasteiger partial charge in [0.2, 0.25) is 0 Å². The molecule has 0 unspecified atom stereocenters. The molecule has 0 aromatic carbocycles. The van der Waals surface area contributed by atoms with E-state index in [-0.39, 0.29) is 18.4 Å². The zero-order valence-electron chi connectivity index (χ0n) is 6.33. The Bertz CT molecular complexity index is 125. The number of ether oxygens (including phenoxy) is 2. The molecule has 0 radical (unpaired) electrons. The third kappa shape index (κ3) is 3.05. The van der Waals surface area contributed by atoms with Crippen LogP contribution in [0, 0.1) is 0 Å². The van der Waals surface area contributed by atoms with E-state index in [9.17, 15) is 4.79 Å². The van der Waals surface area contributed by atoms with Gasteiger partial charge < -0.3 is 14.8 Å². The molecule has 0 aromatic rings. The molecule has 5 heteroatoms. The van der Waals surface area contributed by atoms with Gasteiger partial charge in [0, 0.05) is 13.1 Å². The van der Waals surface area contributed by atoms with Crippen LogP contribution in [0.3, 0.4) is 0 Å². The quantitative estimate of drug-likeness (QED) is 0.558. The fourth-order valence-electron chi connectivity index (χ4n) is 0.848. The molecule has 11 heavy (non-hydrogen) atoms. The van der Waals surface area contributed by atoms with Gasteiger partial charge in [0.05, 0.1) is 13.7 Å². The first-order chi connectivity index (χ1) is 4.84. The lowest BCUT2D eigenvalue weighted by Gasteiger charge is -2.20. The maximum absolute atomic E-state index is 10.8. The highest BCUT2D eigenvalue weighted by Gasteiger charge is 2.21. The highest BCUT2D eigenvalue weighted by atomic mass is 35.5. The largest absolute Gasteiger partial charge is 0.467 e. The van der Waals surface area contributed by atoms with E-state index in [0.29, 0.717) is 13.2 Å². The van der Waals surface area contributed by atoms with Crippen LogP contribution in [0.2, 0.25) is 0 Å². The third-order valence-electron chi connectivity index (χ3n) is 1.39. The van der Waals surface area contributed by atoms with Gasteiger partial charge in [0.15, 0.2) is 6.10 Å². The number of morpholine rings is 1. The van der Waals surface area contributed by atoms with Gasteiger partial charge in [0.1, 0.15) is 0 Å². The van der Waals surface area contributed by atoms with Crippen molar-refractivity contribution in [1.82, 2.24) is 5.32 Å². The van der Waals surface area contributed by atoms with E-state index in [1.165, 1.54) is 7.11 Å². The van der Waals surface area contributed by atoms with Gasteiger partial charge in [-0.15, -0.1) is 12.4 Å². The molecule has 1 fully saturated rings. The molecule has 1 N–H and O–H groups in total. The van der Waals surface area contributed by atoms with Gasteiger partial charge >= 0.3 is 5.97 Å². The van der Waals surface area contributed by atoms with Crippen molar-refractivity contribution < 1.29 is 14.3 Å². The molecule has 0 aliphatic carbocycles. The molecule has 1 atom stereocenters. The SMILES string of the molecule is COC(=O)[C@@H]1CNCCO1.Cl. The first-order valence-corrected chi connectivity index (χ1v) is 3.24. The Kier molecular flexibility index (Phi) is 5.19. The zero-order chi connectivity index (χ0) is 7.40. The van der Waals surface area contributed by atoms with Crippen LogP contribution in [-0.2, 0) is 14.3 Å². The van der Waals surface area contributed by atoms with E-state index in [0.717, 1.165) is 6.54 Å². The topological polar surface area (TPSA) is 47.6 Å². The number of carbonyl (C=O) groups excluding carboxylic acids is 1. The van der Waals surface area contributed by atoms with Crippen LogP contribution in [-0.4, -0.2) is 38.9 Å². The molecule has 1 aliphatic heterocycles. The highest BCUT2D eigenvalue weighted by molar-refractivity contribution is 5.85. The number of nitrogens with one attached hydrogen (secondary N) is 1. The van der Waals surface area contributed by atoms with Crippen LogP contribution in [0.5, 0.6) is 0 Å². The normalized spacial score (nSPS) is 23.5. The number of halogens is 1. The fourth-order valence-corrected chi connectivity index (χ4v) is 0.848. The molecule has 1 aliphatic rings. The summed E-state index contributed by atoms with van der Waals surface area (Å²) in [6.45, 7) is 1.96. The van der Waals surface area contributed by atoms with E-state index >= 15 is 0 Å². The lowest BCUT2D eigenvalue weighted by atomic mass is 10.3. The number of hydrogen-bond acceptors (Lipinski definition) is 4. The molecule has 4 nitrogen and oxygen atoms in total. The number of carbonyl (C=O) groups is 1. The Balaban J connectivity index is 0.000001000. The minimum absolute atomic E-state index is 0. The van der Waals surface area contributed by atoms with Gasteiger partial charge in [-0.2, -0.15) is 0 Å². The van der Waals surface area contributed by atoms with Crippen molar-refractivity contribution in [2.45, 2.75) is 6.10 Å². The van der Waals surface area contributed by atoms with Gasteiger partial charge in [0.25, 0.3) is 0 Å². The first-order valence-electron chi connectivity index (χ1n) is 3.24. The predicted molar refractivity (Wildman–Crippen MR) is 41.9 cm³/mol. The summed E-state index contributed by atoms with van der Waals surface area (Å²) in [5.41, 5.74) is 0. The maximum Gasteiger partial charge on any atom is 0.336 e. The van der Waals surface area contributed by atoms with Gasteiger partial charge in [-0.05, 0) is 0 Å². The van der Waals surface area contributed by atoms with E-state index < -0.39 is 6.10 Å². The third-order valence-corrected chi connectivity index (χ3v) is 1.39. The lowest BCUT2D eigenvalue weighted by molar-refractivity contribution is -0.155. The summed E-state index contributed by atoms with van der Waals surface area (Å²) in [5, 5.41) is 3.02. The fraction of sp³-hybridized carbons (Fsp3) is 0.833. The van der Waals surface area contributed by atoms with Crippen molar-refractivity contribution in [2.75, 3.05) is 26.8 Å². The second kappa shape index (κ2) is 5.35. The monoisotopic (exact) mass is 181 g/mol. The van der Waals surface area contributed by atoms with E-state index in [1.54, 1.807) is 0 Å². The smallest absolute Gasteiger partial charge is 0.336 e. The second-order valence-electron chi connectivity index (χ2n) is 2.09. The van der Waals surface area contributed by atoms with E-state index in [2.05, 4.69) is 10.1 Å². The van der Waals surface area contributed by atoms with Crippen LogP contribution in [0.4, 0.5) is 0 Å². The number of rotatable bonds is 1. The van der Waals surface area contributed by atoms with Gasteiger partial charge in [-0.1, -0.05) is 0 Å². The summed E-state index contributed by atoms with van der Waals surface area (Å²) in [6.07, 6.45) is -0.404. The van der Waals surface area contributed by atoms with Crippen LogP contribution in [0.15, 0.2) is 0 Å². The Labute approximate surface area is 71.6 Å². The molecule has 1 saturated heterocycles. The Morgan fingerprint density at radius 2 is 2.45 bits per heavy atom. The molecule has 0 amide bonds. The Morgan fingerprint density at radius 1 is 1.73 bits per heavy atom. The molecule has 0 aromatic heterocycles. The molecule has 1 heterocycles. The summed E-state index contributed by atoms with van der Waals surface area (Å²) in [7, 11) is 1.36. The second-order valence-corrected chi connectivity index (χ2v) is 2.09. The summed E-state index contributed by atoms with van der Waals surface area (Å²) in [6, 6.07) is 0. The summed E-state index contributed by atoms with van der Waals surface area (Å²) >= 11 is 0. The van der Waals surface area contributed by atoms with Gasteiger partial charge in [-0.25, -0.2) is 4.79 Å². The molecule has 0 bridgehead atoms. The van der Waals surface area contributed by atoms with Crippen molar-refractivity contribution >= 4 is 18.4 Å². The number of methoxy groups -OCH3 is 1. The Hall–Kier alpha value is -0.320. The maximum atomic E-state index is 10.8. The van der Waals surface area contributed by atoms with Crippen LogP contribution in [0.1, 0.15) is 0 Å². The molecule has 0 saturated carbocycles. The molecule has 66 valence electrons. The molecular weight excluding hydrogens is 170 g/mol. The minimum atomic E-state index is -0.404. The Morgan fingerprint density at radius 3 is 2.91 bits per heavy atom. The zero-order valence-corrected chi connectivity index (χ0v) is 7.15. The van der Waals surface area contributed by atoms with Crippen molar-refractivity contribution in [3.05, 3.63) is 0 Å². The first kappa shape index (κ1) is 10.7. The summed E-state index contributed by atoms with van der Waals surface area (Å²) in [5.74, 6) is -0.299. The van der Waals surface area contributed by atoms with E-state index in [4.69, 9.17) is 4.74 Å². The van der Waals surface area contributed by atoms with Crippen LogP contribution >= 0.6 is 12.4 Å². The molecule has 0 spiro atoms. The number of hydrogen-bond donors (Lipinski definition) is 1. The van der Waals surface area contributed by atoms with E-state index in [1.807, 2.05) is 0 Å². The average Bonchev–Trinajstić information content (AvgIpc) is 2.05. The molecular formula is C6H12ClNO3. The lowest BCUT2D eigenvalue weighted by Crippen LogP contribution is -2.43. The van der Waals surface area contributed by atoms with Crippen molar-refractivity contribution in [3.8, 4) is 0 Å². The van der Waals surface area contributed by atoms with Crippen LogP contribution in [0.25, 0.3) is 0 Å². The number of esters is 1. The highest BCUT2D eigenvalue weighted by Crippen LogP contribution is 1.96. The predicted octanol–water partition coefficient (Wildman–Crippen LogP) is -0.430. The minimum Gasteiger partial charge on any atom is -0.467 e. The van der Waals surface area contributed by atoms with Crippen LogP contribution < -0.4 is 5.32 Å². The summed E-state index contributed by atoms with van der Waals surface area (Å²) < 4.78 is 9.58. The van der Waals surface area contributed by atoms with Crippen molar-refractivity contribution in [2.24, 2.45) is 0 Å². The standard InChI is InChI=1S/C6H11NO3.ClH/c1-9-6(8)5-4-7-2-3-10-5;/h5,7H,2-4H2,1H3;1H/t5-;/m0./s1. The van der Waals surface area contributed by atoms with Crippen molar-refractivity contribution in [3.63, 3.8) is 0 Å².